The summed E-state index contributed by atoms with van der Waals surface area (Å²) in [6.07, 6.45) is 5.02. The number of carbonyl (C=O) groups is 1. The lowest BCUT2D eigenvalue weighted by atomic mass is 10.2. The van der Waals surface area contributed by atoms with E-state index in [9.17, 15) is 4.79 Å². The molecule has 1 amide bonds. The van der Waals surface area contributed by atoms with Crippen molar-refractivity contribution in [2.24, 2.45) is 5.92 Å². The summed E-state index contributed by atoms with van der Waals surface area (Å²) in [6, 6.07) is 3.65. The molecule has 1 saturated carbocycles. The van der Waals surface area contributed by atoms with Crippen LogP contribution in [0.4, 0.5) is 5.82 Å². The lowest BCUT2D eigenvalue weighted by Crippen LogP contribution is -2.44. The number of rotatable bonds is 6. The van der Waals surface area contributed by atoms with Gasteiger partial charge in [0.1, 0.15) is 0 Å². The molecule has 1 aliphatic carbocycles. The van der Waals surface area contributed by atoms with E-state index in [1.807, 2.05) is 6.07 Å². The highest BCUT2D eigenvalue weighted by atomic mass is 16.1. The number of piperazine rings is 1. The summed E-state index contributed by atoms with van der Waals surface area (Å²) < 4.78 is 0. The van der Waals surface area contributed by atoms with Crippen molar-refractivity contribution in [3.8, 4) is 0 Å². The van der Waals surface area contributed by atoms with Crippen LogP contribution in [0.5, 0.6) is 0 Å². The van der Waals surface area contributed by atoms with E-state index in [2.05, 4.69) is 25.7 Å². The molecule has 3 rings (SSSR count). The average Bonchev–Trinajstić information content (AvgIpc) is 3.37. The summed E-state index contributed by atoms with van der Waals surface area (Å²) in [7, 11) is 0. The molecule has 2 N–H and O–H groups in total. The quantitative estimate of drug-likeness (QED) is 0.758. The zero-order chi connectivity index (χ0) is 14.5. The van der Waals surface area contributed by atoms with Crippen molar-refractivity contribution in [3.05, 3.63) is 17.8 Å². The van der Waals surface area contributed by atoms with E-state index < -0.39 is 0 Å². The number of hydrogen-bond acceptors (Lipinski definition) is 5. The van der Waals surface area contributed by atoms with Crippen molar-refractivity contribution in [1.29, 1.82) is 0 Å². The maximum atomic E-state index is 12.0. The Labute approximate surface area is 125 Å². The second-order valence-corrected chi connectivity index (χ2v) is 5.86. The highest BCUT2D eigenvalue weighted by Gasteiger charge is 2.20. The molecular weight excluding hydrogens is 266 g/mol. The van der Waals surface area contributed by atoms with Gasteiger partial charge in [0, 0.05) is 32.7 Å². The van der Waals surface area contributed by atoms with Crippen LogP contribution in [0.3, 0.4) is 0 Å². The fourth-order valence-electron chi connectivity index (χ4n) is 2.60. The van der Waals surface area contributed by atoms with Gasteiger partial charge in [-0.2, -0.15) is 0 Å². The van der Waals surface area contributed by atoms with Gasteiger partial charge in [-0.15, -0.1) is 10.2 Å². The fraction of sp³-hybridized carbons (Fsp3) is 0.667. The van der Waals surface area contributed by atoms with Gasteiger partial charge in [0.2, 0.25) is 0 Å². The maximum Gasteiger partial charge on any atom is 0.271 e. The van der Waals surface area contributed by atoms with Gasteiger partial charge in [0.25, 0.3) is 5.91 Å². The highest BCUT2D eigenvalue weighted by Crippen LogP contribution is 2.33. The summed E-state index contributed by atoms with van der Waals surface area (Å²) >= 11 is 0. The number of nitrogens with one attached hydrogen (secondary N) is 2. The molecule has 0 spiro atoms. The van der Waals surface area contributed by atoms with Crippen LogP contribution in [0.2, 0.25) is 0 Å². The molecule has 2 aliphatic rings. The van der Waals surface area contributed by atoms with Crippen molar-refractivity contribution >= 4 is 11.7 Å². The lowest BCUT2D eigenvalue weighted by Gasteiger charge is -2.27. The smallest absolute Gasteiger partial charge is 0.271 e. The lowest BCUT2D eigenvalue weighted by molar-refractivity contribution is 0.0947. The minimum atomic E-state index is -0.120. The van der Waals surface area contributed by atoms with Gasteiger partial charge in [-0.05, 0) is 30.9 Å². The molecule has 1 saturated heterocycles. The molecular formula is C15H23N5O. The Balaban J connectivity index is 1.46. The first-order chi connectivity index (χ1) is 10.3. The number of anilines is 1. The van der Waals surface area contributed by atoms with Crippen molar-refractivity contribution in [2.75, 3.05) is 37.6 Å². The van der Waals surface area contributed by atoms with Gasteiger partial charge in [-0.1, -0.05) is 12.8 Å². The Morgan fingerprint density at radius 2 is 2.10 bits per heavy atom. The van der Waals surface area contributed by atoms with E-state index in [-0.39, 0.29) is 5.91 Å². The predicted molar refractivity (Wildman–Crippen MR) is 81.4 cm³/mol. The van der Waals surface area contributed by atoms with Crippen LogP contribution >= 0.6 is 0 Å². The minimum absolute atomic E-state index is 0.120. The largest absolute Gasteiger partial charge is 0.353 e. The van der Waals surface area contributed by atoms with Gasteiger partial charge in [0.05, 0.1) is 0 Å². The van der Waals surface area contributed by atoms with E-state index in [4.69, 9.17) is 0 Å². The Kier molecular flexibility index (Phi) is 4.65. The molecule has 1 aromatic rings. The third-order valence-corrected chi connectivity index (χ3v) is 4.10. The van der Waals surface area contributed by atoms with Crippen molar-refractivity contribution in [3.63, 3.8) is 0 Å². The fourth-order valence-corrected chi connectivity index (χ4v) is 2.60. The molecule has 0 radical (unpaired) electrons. The van der Waals surface area contributed by atoms with Gasteiger partial charge < -0.3 is 15.5 Å². The maximum absolute atomic E-state index is 12.0. The summed E-state index contributed by atoms with van der Waals surface area (Å²) in [4.78, 5) is 14.1. The molecule has 2 fully saturated rings. The highest BCUT2D eigenvalue weighted by molar-refractivity contribution is 5.92. The number of hydrogen-bond donors (Lipinski definition) is 2. The van der Waals surface area contributed by atoms with Gasteiger partial charge >= 0.3 is 0 Å². The van der Waals surface area contributed by atoms with Crippen LogP contribution in [-0.4, -0.2) is 48.8 Å². The summed E-state index contributed by atoms with van der Waals surface area (Å²) in [6.45, 7) is 4.52. The standard InChI is InChI=1S/C15H23N5O/c21-15(17-7-1-2-12-3-4-12)13-5-6-14(19-18-13)20-10-8-16-9-11-20/h5-6,12,16H,1-4,7-11H2,(H,17,21). The first-order valence-corrected chi connectivity index (χ1v) is 7.90. The SMILES string of the molecule is O=C(NCCCC1CC1)c1ccc(N2CCNCC2)nn1. The third kappa shape index (κ3) is 4.14. The Bertz CT molecular complexity index is 465. The Morgan fingerprint density at radius 3 is 2.76 bits per heavy atom. The topological polar surface area (TPSA) is 70.2 Å². The molecule has 21 heavy (non-hydrogen) atoms. The van der Waals surface area contributed by atoms with Gasteiger partial charge in [-0.3, -0.25) is 4.79 Å². The minimum Gasteiger partial charge on any atom is -0.353 e. The molecule has 2 heterocycles. The van der Waals surface area contributed by atoms with Crippen LogP contribution in [0.15, 0.2) is 12.1 Å². The van der Waals surface area contributed by atoms with Crippen LogP contribution in [-0.2, 0) is 0 Å². The molecule has 0 atom stereocenters. The third-order valence-electron chi connectivity index (χ3n) is 4.10. The first kappa shape index (κ1) is 14.3. The molecule has 6 nitrogen and oxygen atoms in total. The van der Waals surface area contributed by atoms with Crippen LogP contribution in [0.25, 0.3) is 0 Å². The molecule has 0 aromatic carbocycles. The van der Waals surface area contributed by atoms with Crippen molar-refractivity contribution < 1.29 is 4.79 Å². The zero-order valence-electron chi connectivity index (χ0n) is 12.3. The molecule has 114 valence electrons. The van der Waals surface area contributed by atoms with E-state index in [0.29, 0.717) is 5.69 Å². The normalized spacial score (nSPS) is 18.6. The molecule has 0 bridgehead atoms. The second kappa shape index (κ2) is 6.85. The first-order valence-electron chi connectivity index (χ1n) is 7.90. The van der Waals surface area contributed by atoms with Crippen molar-refractivity contribution in [1.82, 2.24) is 20.8 Å². The van der Waals surface area contributed by atoms with E-state index >= 15 is 0 Å². The van der Waals surface area contributed by atoms with Crippen LogP contribution in [0, 0.1) is 5.92 Å². The summed E-state index contributed by atoms with van der Waals surface area (Å²) in [5.41, 5.74) is 0.403. The van der Waals surface area contributed by atoms with Crippen LogP contribution in [0.1, 0.15) is 36.2 Å². The van der Waals surface area contributed by atoms with E-state index in [0.717, 1.165) is 50.9 Å². The number of aromatic nitrogens is 2. The number of amides is 1. The average molecular weight is 289 g/mol. The zero-order valence-corrected chi connectivity index (χ0v) is 12.3. The number of carbonyl (C=O) groups excluding carboxylic acids is 1. The summed E-state index contributed by atoms with van der Waals surface area (Å²) in [5, 5.41) is 14.5. The predicted octanol–water partition coefficient (Wildman–Crippen LogP) is 0.806. The Morgan fingerprint density at radius 1 is 1.29 bits per heavy atom. The monoisotopic (exact) mass is 289 g/mol. The van der Waals surface area contributed by atoms with E-state index in [1.54, 1.807) is 6.07 Å². The summed E-state index contributed by atoms with van der Waals surface area (Å²) in [5.74, 6) is 1.65. The van der Waals surface area contributed by atoms with Crippen LogP contribution < -0.4 is 15.5 Å². The molecule has 6 heteroatoms. The molecule has 1 aliphatic heterocycles. The molecule has 0 unspecified atom stereocenters. The van der Waals surface area contributed by atoms with Gasteiger partial charge in [0.15, 0.2) is 11.5 Å². The Hall–Kier alpha value is -1.69. The number of nitrogens with zero attached hydrogens (tertiary/aromatic N) is 3. The van der Waals surface area contributed by atoms with Crippen molar-refractivity contribution in [2.45, 2.75) is 25.7 Å². The van der Waals surface area contributed by atoms with Gasteiger partial charge in [-0.25, -0.2) is 0 Å². The second-order valence-electron chi connectivity index (χ2n) is 5.86. The molecule has 1 aromatic heterocycles. The van der Waals surface area contributed by atoms with E-state index in [1.165, 1.54) is 19.3 Å².